The molecule has 2 aromatic carbocycles. The highest BCUT2D eigenvalue weighted by molar-refractivity contribution is 7.99. The van der Waals surface area contributed by atoms with Crippen molar-refractivity contribution in [2.75, 3.05) is 0 Å². The number of halogens is 1. The summed E-state index contributed by atoms with van der Waals surface area (Å²) < 4.78 is 0. The summed E-state index contributed by atoms with van der Waals surface area (Å²) in [4.78, 5) is 4.90. The van der Waals surface area contributed by atoms with E-state index < -0.39 is 0 Å². The Balaban J connectivity index is 2.49. The molecule has 20 heavy (non-hydrogen) atoms. The predicted molar refractivity (Wildman–Crippen MR) is 85.0 cm³/mol. The van der Waals surface area contributed by atoms with Crippen LogP contribution < -0.4 is 0 Å². The van der Waals surface area contributed by atoms with Crippen molar-refractivity contribution < 1.29 is 0 Å². The first-order valence-corrected chi connectivity index (χ1v) is 7.31. The fourth-order valence-corrected chi connectivity index (χ4v) is 3.43. The third-order valence-corrected chi connectivity index (χ3v) is 4.52. The van der Waals surface area contributed by atoms with E-state index in [-0.39, 0.29) is 0 Å². The van der Waals surface area contributed by atoms with Gasteiger partial charge in [-0.05, 0) is 49.6 Å². The standard InChI is InChI=1S/C15H14ClN3S/c1-9-6-10(2)15(11(3)7-9)20-14-8-12(16)4-5-13(14)18-19-17/h4-8H,1-3H3. The largest absolute Gasteiger partial charge is 0.0890 e. The van der Waals surface area contributed by atoms with Gasteiger partial charge in [0, 0.05) is 19.7 Å². The molecule has 0 saturated carbocycles. The minimum atomic E-state index is 0.598. The molecule has 0 fully saturated rings. The zero-order valence-electron chi connectivity index (χ0n) is 11.5. The van der Waals surface area contributed by atoms with Gasteiger partial charge in [-0.2, -0.15) is 0 Å². The lowest BCUT2D eigenvalue weighted by Crippen LogP contribution is -1.88. The van der Waals surface area contributed by atoms with Gasteiger partial charge in [-0.1, -0.05) is 52.2 Å². The first kappa shape index (κ1) is 14.8. The Bertz CT molecular complexity index is 683. The Morgan fingerprint density at radius 3 is 2.35 bits per heavy atom. The molecular formula is C15H14ClN3S. The first-order chi connectivity index (χ1) is 9.51. The third-order valence-electron chi connectivity index (χ3n) is 2.89. The summed E-state index contributed by atoms with van der Waals surface area (Å²) >= 11 is 7.62. The molecule has 0 heterocycles. The Morgan fingerprint density at radius 2 is 1.75 bits per heavy atom. The highest BCUT2D eigenvalue weighted by Crippen LogP contribution is 2.40. The van der Waals surface area contributed by atoms with Gasteiger partial charge in [0.2, 0.25) is 0 Å². The molecule has 0 aliphatic heterocycles. The predicted octanol–water partition coefficient (Wildman–Crippen LogP) is 6.36. The summed E-state index contributed by atoms with van der Waals surface area (Å²) in [5.41, 5.74) is 12.9. The molecule has 0 aliphatic carbocycles. The van der Waals surface area contributed by atoms with Crippen molar-refractivity contribution in [2.45, 2.75) is 30.6 Å². The third kappa shape index (κ3) is 3.28. The maximum atomic E-state index is 8.64. The summed E-state index contributed by atoms with van der Waals surface area (Å²) in [6.45, 7) is 6.25. The van der Waals surface area contributed by atoms with Gasteiger partial charge in [-0.3, -0.25) is 0 Å². The van der Waals surface area contributed by atoms with Crippen molar-refractivity contribution in [3.05, 3.63) is 62.5 Å². The molecule has 2 rings (SSSR count). The van der Waals surface area contributed by atoms with Crippen molar-refractivity contribution in [3.63, 3.8) is 0 Å². The van der Waals surface area contributed by atoms with Gasteiger partial charge in [0.1, 0.15) is 0 Å². The molecule has 0 aliphatic rings. The van der Waals surface area contributed by atoms with Crippen LogP contribution in [0.3, 0.4) is 0 Å². The van der Waals surface area contributed by atoms with E-state index >= 15 is 0 Å². The van der Waals surface area contributed by atoms with Crippen molar-refractivity contribution >= 4 is 29.1 Å². The molecule has 3 nitrogen and oxygen atoms in total. The average Bonchev–Trinajstić information content (AvgIpc) is 2.37. The summed E-state index contributed by atoms with van der Waals surface area (Å²) in [5.74, 6) is 0. The highest BCUT2D eigenvalue weighted by atomic mass is 35.5. The van der Waals surface area contributed by atoms with Gasteiger partial charge in [0.05, 0.1) is 5.69 Å². The normalized spacial score (nSPS) is 10.2. The van der Waals surface area contributed by atoms with E-state index in [0.717, 1.165) is 4.90 Å². The Labute approximate surface area is 127 Å². The number of benzene rings is 2. The zero-order chi connectivity index (χ0) is 14.7. The molecule has 0 radical (unpaired) electrons. The van der Waals surface area contributed by atoms with E-state index in [9.17, 15) is 0 Å². The first-order valence-electron chi connectivity index (χ1n) is 6.11. The van der Waals surface area contributed by atoms with Crippen molar-refractivity contribution in [1.29, 1.82) is 0 Å². The summed E-state index contributed by atoms with van der Waals surface area (Å²) in [6.07, 6.45) is 0. The van der Waals surface area contributed by atoms with Gasteiger partial charge in [-0.25, -0.2) is 0 Å². The van der Waals surface area contributed by atoms with Gasteiger partial charge in [0.25, 0.3) is 0 Å². The second kappa shape index (κ2) is 6.23. The highest BCUT2D eigenvalue weighted by Gasteiger charge is 2.09. The molecule has 0 saturated heterocycles. The number of rotatable bonds is 3. The topological polar surface area (TPSA) is 48.8 Å². The molecule has 0 N–H and O–H groups in total. The van der Waals surface area contributed by atoms with E-state index in [1.807, 2.05) is 6.07 Å². The lowest BCUT2D eigenvalue weighted by atomic mass is 10.1. The number of hydrogen-bond acceptors (Lipinski definition) is 2. The lowest BCUT2D eigenvalue weighted by molar-refractivity contribution is 1.18. The number of aryl methyl sites for hydroxylation is 3. The van der Waals surface area contributed by atoms with E-state index in [4.69, 9.17) is 17.1 Å². The summed E-state index contributed by atoms with van der Waals surface area (Å²) in [7, 11) is 0. The van der Waals surface area contributed by atoms with Crippen LogP contribution >= 0.6 is 23.4 Å². The van der Waals surface area contributed by atoms with Crippen molar-refractivity contribution in [2.24, 2.45) is 5.11 Å². The lowest BCUT2D eigenvalue weighted by Gasteiger charge is -2.12. The van der Waals surface area contributed by atoms with E-state index in [1.165, 1.54) is 21.6 Å². The minimum absolute atomic E-state index is 0.598. The van der Waals surface area contributed by atoms with Crippen LogP contribution in [-0.2, 0) is 0 Å². The van der Waals surface area contributed by atoms with Crippen molar-refractivity contribution in [3.8, 4) is 0 Å². The Morgan fingerprint density at radius 1 is 1.10 bits per heavy atom. The smallest absolute Gasteiger partial charge is 0.0515 e. The van der Waals surface area contributed by atoms with Gasteiger partial charge in [-0.15, -0.1) is 0 Å². The number of hydrogen-bond donors (Lipinski definition) is 0. The molecule has 0 unspecified atom stereocenters. The van der Waals surface area contributed by atoms with E-state index in [2.05, 4.69) is 42.9 Å². The monoisotopic (exact) mass is 303 g/mol. The van der Waals surface area contributed by atoms with E-state index in [0.29, 0.717) is 10.7 Å². The molecular weight excluding hydrogens is 290 g/mol. The molecule has 0 spiro atoms. The van der Waals surface area contributed by atoms with Crippen LogP contribution in [-0.4, -0.2) is 0 Å². The van der Waals surface area contributed by atoms with Gasteiger partial charge >= 0.3 is 0 Å². The second-order valence-electron chi connectivity index (χ2n) is 4.63. The summed E-state index contributed by atoms with van der Waals surface area (Å²) in [6, 6.07) is 9.59. The van der Waals surface area contributed by atoms with Crippen LogP contribution in [0.4, 0.5) is 5.69 Å². The van der Waals surface area contributed by atoms with Crippen LogP contribution in [0.2, 0.25) is 5.02 Å². The maximum absolute atomic E-state index is 8.64. The van der Waals surface area contributed by atoms with Gasteiger partial charge in [0.15, 0.2) is 0 Å². The SMILES string of the molecule is Cc1cc(C)c(Sc2cc(Cl)ccc2N=[N+]=[N-])c(C)c1. The van der Waals surface area contributed by atoms with Crippen LogP contribution in [0.15, 0.2) is 45.2 Å². The Hall–Kier alpha value is -1.61. The van der Waals surface area contributed by atoms with Crippen LogP contribution in [0, 0.1) is 20.8 Å². The quantitative estimate of drug-likeness (QED) is 0.370. The van der Waals surface area contributed by atoms with Crippen molar-refractivity contribution in [1.82, 2.24) is 0 Å². The molecule has 0 atom stereocenters. The van der Waals surface area contributed by atoms with Crippen LogP contribution in [0.25, 0.3) is 10.4 Å². The molecule has 0 bridgehead atoms. The zero-order valence-corrected chi connectivity index (χ0v) is 13.1. The number of azide groups is 1. The average molecular weight is 304 g/mol. The molecule has 102 valence electrons. The van der Waals surface area contributed by atoms with Crippen LogP contribution in [0.1, 0.15) is 16.7 Å². The van der Waals surface area contributed by atoms with E-state index in [1.54, 1.807) is 23.9 Å². The molecule has 0 amide bonds. The Kier molecular flexibility index (Phi) is 4.61. The fourth-order valence-electron chi connectivity index (χ4n) is 2.14. The maximum Gasteiger partial charge on any atom is 0.0515 e. The fraction of sp³-hybridized carbons (Fsp3) is 0.200. The molecule has 2 aromatic rings. The van der Waals surface area contributed by atoms with Crippen LogP contribution in [0.5, 0.6) is 0 Å². The number of nitrogens with zero attached hydrogens (tertiary/aromatic N) is 3. The summed E-state index contributed by atoms with van der Waals surface area (Å²) in [5, 5.41) is 4.35. The molecule has 5 heteroatoms. The van der Waals surface area contributed by atoms with Gasteiger partial charge < -0.3 is 0 Å². The minimum Gasteiger partial charge on any atom is -0.0890 e. The molecule has 0 aromatic heterocycles. The second-order valence-corrected chi connectivity index (χ2v) is 6.12.